The zero-order valence-corrected chi connectivity index (χ0v) is 19.6. The molecule has 0 aliphatic heterocycles. The van der Waals surface area contributed by atoms with Gasteiger partial charge in [0.25, 0.3) is 0 Å². The lowest BCUT2D eigenvalue weighted by Gasteiger charge is -2.18. The second-order valence-corrected chi connectivity index (χ2v) is 8.15. The van der Waals surface area contributed by atoms with Crippen molar-refractivity contribution >= 4 is 22.7 Å². The third-order valence-corrected chi connectivity index (χ3v) is 5.44. The molecule has 8 heteroatoms. The van der Waals surface area contributed by atoms with Gasteiger partial charge in [-0.05, 0) is 50.1 Å². The molecule has 1 heterocycles. The molecule has 0 bridgehead atoms. The van der Waals surface area contributed by atoms with Crippen molar-refractivity contribution in [1.29, 1.82) is 0 Å². The number of ether oxygens (including phenoxy) is 2. The van der Waals surface area contributed by atoms with Crippen LogP contribution in [-0.2, 0) is 12.8 Å². The summed E-state index contributed by atoms with van der Waals surface area (Å²) in [6.45, 7) is 5.20. The fourth-order valence-corrected chi connectivity index (χ4v) is 3.82. The van der Waals surface area contributed by atoms with Gasteiger partial charge in [0.1, 0.15) is 42.1 Å². The van der Waals surface area contributed by atoms with Crippen LogP contribution in [0.15, 0.2) is 34.7 Å². The minimum Gasteiger partial charge on any atom is -0.507 e. The number of hydrogen-bond donors (Lipinski definition) is 3. The quantitative estimate of drug-likeness (QED) is 0.323. The lowest BCUT2D eigenvalue weighted by atomic mass is 10.0. The van der Waals surface area contributed by atoms with Crippen LogP contribution in [0.5, 0.6) is 17.2 Å². The van der Waals surface area contributed by atoms with Crippen molar-refractivity contribution in [1.82, 2.24) is 0 Å². The number of Topliss-reactive ketones (excluding diaryl/α,β-unsaturated/α-hetero) is 1. The van der Waals surface area contributed by atoms with Crippen LogP contribution in [0.25, 0.3) is 11.0 Å². The molecule has 0 radical (unpaired) electrons. The Bertz CT molecular complexity index is 1180. The van der Waals surface area contributed by atoms with E-state index in [0.29, 0.717) is 40.9 Å². The van der Waals surface area contributed by atoms with Gasteiger partial charge in [-0.25, -0.2) is 4.79 Å². The first-order valence-corrected chi connectivity index (χ1v) is 11.3. The van der Waals surface area contributed by atoms with Crippen LogP contribution in [0.2, 0.25) is 0 Å². The highest BCUT2D eigenvalue weighted by molar-refractivity contribution is 5.97. The molecule has 0 saturated carbocycles. The number of benzene rings is 2. The standard InChI is InChI=1S/C26H30O8/c1-4-6-19-21(11-9-18(15(3)27)24(19)29)32-13-17(28)14-33-22-10-8-16-12-23(26(30)31)34-25(16)20(22)7-5-2/h8-12,17,28-29H,4-7,13-14H2,1-3H3,(H,30,31). The van der Waals surface area contributed by atoms with E-state index in [1.807, 2.05) is 13.8 Å². The summed E-state index contributed by atoms with van der Waals surface area (Å²) in [5, 5.41) is 30.8. The largest absolute Gasteiger partial charge is 0.507 e. The first kappa shape index (κ1) is 25.1. The van der Waals surface area contributed by atoms with Crippen LogP contribution in [0.1, 0.15) is 65.7 Å². The molecule has 8 nitrogen and oxygen atoms in total. The number of hydrogen-bond acceptors (Lipinski definition) is 7. The van der Waals surface area contributed by atoms with E-state index in [9.17, 15) is 24.9 Å². The summed E-state index contributed by atoms with van der Waals surface area (Å²) >= 11 is 0. The van der Waals surface area contributed by atoms with Crippen molar-refractivity contribution in [2.24, 2.45) is 0 Å². The van der Waals surface area contributed by atoms with Crippen molar-refractivity contribution in [2.75, 3.05) is 13.2 Å². The molecular weight excluding hydrogens is 440 g/mol. The molecule has 34 heavy (non-hydrogen) atoms. The second kappa shape index (κ2) is 11.1. The molecule has 0 aliphatic rings. The Balaban J connectivity index is 1.71. The van der Waals surface area contributed by atoms with Gasteiger partial charge in [-0.1, -0.05) is 26.7 Å². The summed E-state index contributed by atoms with van der Waals surface area (Å²) in [6.07, 6.45) is 1.71. The van der Waals surface area contributed by atoms with Crippen molar-refractivity contribution in [3.8, 4) is 17.2 Å². The molecule has 0 saturated heterocycles. The van der Waals surface area contributed by atoms with E-state index in [1.54, 1.807) is 18.2 Å². The van der Waals surface area contributed by atoms with Gasteiger partial charge < -0.3 is 29.2 Å². The number of aryl methyl sites for hydroxylation is 1. The number of furan rings is 1. The lowest BCUT2D eigenvalue weighted by molar-refractivity contribution is 0.0618. The average Bonchev–Trinajstić information content (AvgIpc) is 3.24. The molecule has 182 valence electrons. The van der Waals surface area contributed by atoms with Crippen LogP contribution < -0.4 is 9.47 Å². The van der Waals surface area contributed by atoms with E-state index in [0.717, 1.165) is 18.4 Å². The van der Waals surface area contributed by atoms with Gasteiger partial charge in [0.05, 0.1) is 5.56 Å². The Labute approximate surface area is 197 Å². The number of carboxylic acid groups (broad SMARTS) is 1. The summed E-state index contributed by atoms with van der Waals surface area (Å²) in [7, 11) is 0. The van der Waals surface area contributed by atoms with E-state index in [-0.39, 0.29) is 36.1 Å². The number of aliphatic hydroxyl groups is 1. The lowest BCUT2D eigenvalue weighted by Crippen LogP contribution is -2.25. The number of rotatable bonds is 12. The zero-order valence-electron chi connectivity index (χ0n) is 19.6. The molecule has 2 aromatic carbocycles. The molecule has 1 unspecified atom stereocenters. The van der Waals surface area contributed by atoms with Gasteiger partial charge in [-0.15, -0.1) is 0 Å². The van der Waals surface area contributed by atoms with Gasteiger partial charge in [0.15, 0.2) is 5.78 Å². The highest BCUT2D eigenvalue weighted by Crippen LogP contribution is 2.34. The fourth-order valence-electron chi connectivity index (χ4n) is 3.82. The van der Waals surface area contributed by atoms with E-state index < -0.39 is 12.1 Å². The minimum atomic E-state index is -1.14. The smallest absolute Gasteiger partial charge is 0.371 e. The molecule has 3 N–H and O–H groups in total. The Morgan fingerprint density at radius 2 is 1.56 bits per heavy atom. The SMILES string of the molecule is CCCc1c(OCC(O)COc2ccc3cc(C(=O)O)oc3c2CCC)ccc(C(C)=O)c1O. The molecule has 3 aromatic rings. The van der Waals surface area contributed by atoms with Crippen molar-refractivity contribution < 1.29 is 38.8 Å². The molecule has 1 atom stereocenters. The summed E-state index contributed by atoms with van der Waals surface area (Å²) in [4.78, 5) is 23.0. The maximum Gasteiger partial charge on any atom is 0.371 e. The third kappa shape index (κ3) is 5.51. The predicted octanol–water partition coefficient (Wildman–Crippen LogP) is 4.76. The fraction of sp³-hybridized carbons (Fsp3) is 0.385. The highest BCUT2D eigenvalue weighted by atomic mass is 16.5. The topological polar surface area (TPSA) is 126 Å². The Kier molecular flexibility index (Phi) is 8.17. The van der Waals surface area contributed by atoms with Gasteiger partial charge in [0, 0.05) is 16.5 Å². The first-order valence-electron chi connectivity index (χ1n) is 11.3. The molecule has 0 spiro atoms. The van der Waals surface area contributed by atoms with E-state index >= 15 is 0 Å². The number of phenolic OH excluding ortho intramolecular Hbond substituents is 1. The molecular formula is C26H30O8. The molecule has 0 amide bonds. The minimum absolute atomic E-state index is 0.0602. The summed E-state index contributed by atoms with van der Waals surface area (Å²) in [6, 6.07) is 8.07. The maximum absolute atomic E-state index is 11.7. The van der Waals surface area contributed by atoms with Crippen LogP contribution in [0, 0.1) is 0 Å². The summed E-state index contributed by atoms with van der Waals surface area (Å²) in [5.74, 6) is -0.683. The number of carbonyl (C=O) groups excluding carboxylic acids is 1. The van der Waals surface area contributed by atoms with Gasteiger partial charge in [-0.2, -0.15) is 0 Å². The number of aromatic hydroxyl groups is 1. The van der Waals surface area contributed by atoms with E-state index in [1.165, 1.54) is 19.1 Å². The highest BCUT2D eigenvalue weighted by Gasteiger charge is 2.19. The van der Waals surface area contributed by atoms with Gasteiger partial charge >= 0.3 is 5.97 Å². The summed E-state index contributed by atoms with van der Waals surface area (Å²) < 4.78 is 17.1. The van der Waals surface area contributed by atoms with Gasteiger partial charge in [0.2, 0.25) is 5.76 Å². The number of carbonyl (C=O) groups is 2. The van der Waals surface area contributed by atoms with E-state index in [2.05, 4.69) is 0 Å². The number of aromatic carboxylic acids is 1. The van der Waals surface area contributed by atoms with Crippen LogP contribution in [-0.4, -0.2) is 46.4 Å². The maximum atomic E-state index is 11.7. The van der Waals surface area contributed by atoms with Crippen LogP contribution in [0.4, 0.5) is 0 Å². The number of ketones is 1. The average molecular weight is 471 g/mol. The third-order valence-electron chi connectivity index (χ3n) is 5.44. The number of fused-ring (bicyclic) bond motifs is 1. The number of phenols is 1. The van der Waals surface area contributed by atoms with E-state index in [4.69, 9.17) is 13.9 Å². The summed E-state index contributed by atoms with van der Waals surface area (Å²) in [5.41, 5.74) is 1.98. The first-order chi connectivity index (χ1) is 16.3. The Morgan fingerprint density at radius 1 is 0.971 bits per heavy atom. The predicted molar refractivity (Wildman–Crippen MR) is 126 cm³/mol. The van der Waals surface area contributed by atoms with Gasteiger partial charge in [-0.3, -0.25) is 4.79 Å². The monoisotopic (exact) mass is 470 g/mol. The Hall–Kier alpha value is -3.52. The molecule has 0 aliphatic carbocycles. The van der Waals surface area contributed by atoms with Crippen molar-refractivity contribution in [3.05, 3.63) is 52.8 Å². The number of carboxylic acids is 1. The van der Waals surface area contributed by atoms with Crippen molar-refractivity contribution in [2.45, 2.75) is 52.6 Å². The number of aliphatic hydroxyl groups excluding tert-OH is 1. The van der Waals surface area contributed by atoms with Crippen LogP contribution in [0.3, 0.4) is 0 Å². The zero-order chi connectivity index (χ0) is 24.8. The van der Waals surface area contributed by atoms with Crippen LogP contribution >= 0.6 is 0 Å². The Morgan fingerprint density at radius 3 is 2.15 bits per heavy atom. The normalized spacial score (nSPS) is 12.0. The second-order valence-electron chi connectivity index (χ2n) is 8.15. The van der Waals surface area contributed by atoms with Crippen molar-refractivity contribution in [3.63, 3.8) is 0 Å². The molecule has 3 rings (SSSR count). The molecule has 1 aromatic heterocycles. The molecule has 0 fully saturated rings.